The topological polar surface area (TPSA) is 108 Å². The molecular formula is C15H21NO7S. The number of carbonyl (C=O) groups excluding carboxylic acids is 2. The number of fused-ring (bicyclic) bond motifs is 1. The third-order valence-corrected chi connectivity index (χ3v) is 7.04. The molecule has 3 aliphatic rings. The molecule has 3 fully saturated rings. The molecule has 24 heavy (non-hydrogen) atoms. The zero-order valence-corrected chi connectivity index (χ0v) is 14.2. The Kier molecular flexibility index (Phi) is 4.43. The van der Waals surface area contributed by atoms with E-state index in [4.69, 9.17) is 13.7 Å². The van der Waals surface area contributed by atoms with Crippen molar-refractivity contribution in [2.45, 2.75) is 36.7 Å². The lowest BCUT2D eigenvalue weighted by atomic mass is 9.83. The number of ether oxygens (including phenoxy) is 2. The molecule has 0 spiro atoms. The summed E-state index contributed by atoms with van der Waals surface area (Å²) < 4.78 is 40.0. The van der Waals surface area contributed by atoms with E-state index < -0.39 is 38.9 Å². The minimum atomic E-state index is -3.48. The largest absolute Gasteiger partial charge is 0.462 e. The highest BCUT2D eigenvalue weighted by Gasteiger charge is 2.69. The third-order valence-electron chi connectivity index (χ3n) is 5.28. The molecule has 134 valence electrons. The quantitative estimate of drug-likeness (QED) is 0.289. The predicted octanol–water partition coefficient (Wildman–Crippen LogP) is -0.256. The van der Waals surface area contributed by atoms with E-state index in [2.05, 4.69) is 11.9 Å². The monoisotopic (exact) mass is 359 g/mol. The molecule has 1 N–H and O–H groups in total. The zero-order chi connectivity index (χ0) is 17.5. The summed E-state index contributed by atoms with van der Waals surface area (Å²) in [5.74, 6) is -0.891. The average Bonchev–Trinajstić information content (AvgIpc) is 3.14. The molecule has 2 saturated carbocycles. The summed E-state index contributed by atoms with van der Waals surface area (Å²) >= 11 is 0. The Bertz CT molecular complexity index is 661. The Hall–Kier alpha value is -1.45. The molecule has 0 radical (unpaired) electrons. The molecular weight excluding hydrogens is 338 g/mol. The SMILES string of the molecule is C=CC(=O)NCC(=O)OCCOC1(C)C2CC3C1OS(=O)(=O)C3C2. The molecule has 2 bridgehead atoms. The van der Waals surface area contributed by atoms with Crippen LogP contribution in [-0.4, -0.2) is 57.0 Å². The zero-order valence-electron chi connectivity index (χ0n) is 13.4. The number of nitrogens with one attached hydrogen (secondary N) is 1. The van der Waals surface area contributed by atoms with E-state index in [1.54, 1.807) is 0 Å². The Morgan fingerprint density at radius 3 is 2.83 bits per heavy atom. The lowest BCUT2D eigenvalue weighted by molar-refractivity contribution is -0.153. The van der Waals surface area contributed by atoms with Gasteiger partial charge in [0, 0.05) is 5.92 Å². The van der Waals surface area contributed by atoms with Gasteiger partial charge in [0.25, 0.3) is 10.1 Å². The predicted molar refractivity (Wildman–Crippen MR) is 82.3 cm³/mol. The van der Waals surface area contributed by atoms with Crippen molar-refractivity contribution < 1.29 is 31.7 Å². The highest BCUT2D eigenvalue weighted by atomic mass is 32.2. The number of carbonyl (C=O) groups is 2. The van der Waals surface area contributed by atoms with Gasteiger partial charge in [0.15, 0.2) is 0 Å². The van der Waals surface area contributed by atoms with Crippen LogP contribution in [0.4, 0.5) is 0 Å². The summed E-state index contributed by atoms with van der Waals surface area (Å²) in [5.41, 5.74) is -0.672. The molecule has 9 heteroatoms. The van der Waals surface area contributed by atoms with Crippen LogP contribution < -0.4 is 5.32 Å². The van der Waals surface area contributed by atoms with E-state index in [9.17, 15) is 18.0 Å². The molecule has 3 rings (SSSR count). The number of hydrogen-bond acceptors (Lipinski definition) is 7. The van der Waals surface area contributed by atoms with Crippen molar-refractivity contribution in [3.8, 4) is 0 Å². The first-order valence-electron chi connectivity index (χ1n) is 7.90. The molecule has 1 aliphatic heterocycles. The van der Waals surface area contributed by atoms with Crippen molar-refractivity contribution in [3.05, 3.63) is 12.7 Å². The standard InChI is InChI=1S/C15H21NO7S/c1-3-12(17)16-8-13(18)21-4-5-22-15(2)9-6-10-11(7-9)24(19,20)23-14(10)15/h3,9-11,14H,1,4-8H2,2H3,(H,16,17). The van der Waals surface area contributed by atoms with Gasteiger partial charge < -0.3 is 14.8 Å². The highest BCUT2D eigenvalue weighted by Crippen LogP contribution is 2.60. The molecule has 2 aliphatic carbocycles. The van der Waals surface area contributed by atoms with E-state index in [0.717, 1.165) is 12.5 Å². The van der Waals surface area contributed by atoms with Crippen molar-refractivity contribution in [1.82, 2.24) is 5.32 Å². The van der Waals surface area contributed by atoms with Gasteiger partial charge in [0.05, 0.1) is 17.5 Å². The Balaban J connectivity index is 1.45. The van der Waals surface area contributed by atoms with Crippen molar-refractivity contribution in [1.29, 1.82) is 0 Å². The van der Waals surface area contributed by atoms with Crippen LogP contribution in [0.2, 0.25) is 0 Å². The van der Waals surface area contributed by atoms with E-state index in [0.29, 0.717) is 6.42 Å². The molecule has 0 aromatic rings. The number of hydrogen-bond donors (Lipinski definition) is 1. The Morgan fingerprint density at radius 2 is 2.12 bits per heavy atom. The summed E-state index contributed by atoms with van der Waals surface area (Å²) in [6.07, 6.45) is 1.97. The minimum absolute atomic E-state index is 0.00154. The van der Waals surface area contributed by atoms with Crippen LogP contribution in [-0.2, 0) is 33.4 Å². The second-order valence-corrected chi connectivity index (χ2v) is 8.34. The van der Waals surface area contributed by atoms with Gasteiger partial charge in [-0.15, -0.1) is 0 Å². The van der Waals surface area contributed by atoms with Crippen LogP contribution in [0.5, 0.6) is 0 Å². The van der Waals surface area contributed by atoms with E-state index >= 15 is 0 Å². The molecule has 5 atom stereocenters. The summed E-state index contributed by atoms with van der Waals surface area (Å²) in [7, 11) is -3.48. The normalized spacial score (nSPS) is 38.0. The van der Waals surface area contributed by atoms with Gasteiger partial charge in [-0.2, -0.15) is 8.42 Å². The van der Waals surface area contributed by atoms with Crippen molar-refractivity contribution in [2.75, 3.05) is 19.8 Å². The Labute approximate surface area is 140 Å². The van der Waals surface area contributed by atoms with Crippen molar-refractivity contribution in [2.24, 2.45) is 11.8 Å². The van der Waals surface area contributed by atoms with Gasteiger partial charge in [0.1, 0.15) is 19.3 Å². The lowest BCUT2D eigenvalue weighted by Gasteiger charge is -2.36. The van der Waals surface area contributed by atoms with Gasteiger partial charge in [-0.25, -0.2) is 0 Å². The Morgan fingerprint density at radius 1 is 1.38 bits per heavy atom. The van der Waals surface area contributed by atoms with Gasteiger partial charge in [-0.3, -0.25) is 13.8 Å². The van der Waals surface area contributed by atoms with Gasteiger partial charge in [-0.1, -0.05) is 6.58 Å². The van der Waals surface area contributed by atoms with E-state index in [1.807, 2.05) is 6.92 Å². The fourth-order valence-corrected chi connectivity index (χ4v) is 6.01. The van der Waals surface area contributed by atoms with Crippen LogP contribution in [0.1, 0.15) is 19.8 Å². The second-order valence-electron chi connectivity index (χ2n) is 6.55. The average molecular weight is 359 g/mol. The summed E-state index contributed by atoms with van der Waals surface area (Å²) in [4.78, 5) is 22.4. The molecule has 1 amide bonds. The van der Waals surface area contributed by atoms with Crippen LogP contribution in [0, 0.1) is 11.8 Å². The maximum atomic E-state index is 12.0. The fourth-order valence-electron chi connectivity index (χ4n) is 4.09. The lowest BCUT2D eigenvalue weighted by Crippen LogP contribution is -2.47. The number of amides is 1. The van der Waals surface area contributed by atoms with Crippen LogP contribution in [0.15, 0.2) is 12.7 Å². The molecule has 1 heterocycles. The maximum Gasteiger partial charge on any atom is 0.325 e. The molecule has 1 saturated heterocycles. The van der Waals surface area contributed by atoms with Crippen molar-refractivity contribution >= 4 is 22.0 Å². The highest BCUT2D eigenvalue weighted by molar-refractivity contribution is 7.87. The summed E-state index contributed by atoms with van der Waals surface area (Å²) in [6, 6.07) is 0. The van der Waals surface area contributed by atoms with Crippen LogP contribution in [0.3, 0.4) is 0 Å². The van der Waals surface area contributed by atoms with Crippen molar-refractivity contribution in [3.63, 3.8) is 0 Å². The first-order chi connectivity index (χ1) is 11.3. The fraction of sp³-hybridized carbons (Fsp3) is 0.733. The third kappa shape index (κ3) is 2.84. The molecule has 0 aromatic carbocycles. The van der Waals surface area contributed by atoms with Crippen LogP contribution in [0.25, 0.3) is 0 Å². The van der Waals surface area contributed by atoms with E-state index in [-0.39, 0.29) is 31.6 Å². The molecule has 0 aromatic heterocycles. The maximum absolute atomic E-state index is 12.0. The summed E-state index contributed by atoms with van der Waals surface area (Å²) in [6.45, 7) is 5.07. The van der Waals surface area contributed by atoms with Gasteiger partial charge >= 0.3 is 5.97 Å². The smallest absolute Gasteiger partial charge is 0.325 e. The molecule has 5 unspecified atom stereocenters. The van der Waals surface area contributed by atoms with E-state index in [1.165, 1.54) is 0 Å². The van der Waals surface area contributed by atoms with Gasteiger partial charge in [-0.05, 0) is 31.8 Å². The van der Waals surface area contributed by atoms with Gasteiger partial charge in [0.2, 0.25) is 5.91 Å². The second kappa shape index (κ2) is 6.12. The number of rotatable bonds is 7. The minimum Gasteiger partial charge on any atom is -0.462 e. The first-order valence-corrected chi connectivity index (χ1v) is 9.37. The molecule has 8 nitrogen and oxygen atoms in total. The first kappa shape index (κ1) is 17.4. The van der Waals surface area contributed by atoms with Crippen LogP contribution >= 0.6 is 0 Å². The number of esters is 1. The summed E-state index contributed by atoms with van der Waals surface area (Å²) in [5, 5.41) is 1.92.